The molecule has 0 aromatic carbocycles. The molecule has 0 amide bonds. The van der Waals surface area contributed by atoms with E-state index < -0.39 is 181 Å². The van der Waals surface area contributed by atoms with E-state index in [2.05, 4.69) is 19.2 Å². The summed E-state index contributed by atoms with van der Waals surface area (Å²) in [6.45, 7) is 12.7. The molecule has 1 nitrogen and oxygen atoms in total. The summed E-state index contributed by atoms with van der Waals surface area (Å²) in [5.74, 6) is -11.0. The zero-order valence-corrected chi connectivity index (χ0v) is 68.5. The highest BCUT2D eigenvalue weighted by molar-refractivity contribution is 14.1. The summed E-state index contributed by atoms with van der Waals surface area (Å²) in [4.78, 5) is 0. The van der Waals surface area contributed by atoms with Gasteiger partial charge in [-0.15, -0.1) is 6.58 Å². The van der Waals surface area contributed by atoms with Crippen molar-refractivity contribution in [1.29, 1.82) is 0 Å². The molecule has 0 aromatic rings. The highest BCUT2D eigenvalue weighted by Crippen LogP contribution is 2.53. The first-order valence-electron chi connectivity index (χ1n) is 33.3. The maximum atomic E-state index is 12.7. The van der Waals surface area contributed by atoms with Crippen LogP contribution in [-0.4, -0.2) is 105 Å². The first-order valence-corrected chi connectivity index (χ1v) is 38.5. The SMILES string of the molecule is C=CCCC(CC(C)(C)C(F)(F)F)C(F)(F)F.CC(C)(CC(CCCCI)C(F)(F)F)C(F)(F)F.CC(C)(CC(CCCCI)C(F)(F)F)C(F)(F)F.CC(C)(CC(CCCCI)C(F)(F)F)C(F)(F)F.CC(C)(CC(CCCCO)C(F)(F)F)C(F)(F)F.CC(C)(CC(CCCCS)C(F)(F)F)C(F)(F)F. The van der Waals surface area contributed by atoms with Gasteiger partial charge in [0.15, 0.2) is 0 Å². The Balaban J connectivity index is -0.000000286. The van der Waals surface area contributed by atoms with Gasteiger partial charge in [0.2, 0.25) is 0 Å². The Labute approximate surface area is 650 Å². The average molecular weight is 2010 g/mol. The molecule has 107 heavy (non-hydrogen) atoms. The van der Waals surface area contributed by atoms with E-state index in [0.29, 0.717) is 64.0 Å². The smallest absolute Gasteiger partial charge is 0.393 e. The lowest BCUT2D eigenvalue weighted by Crippen LogP contribution is -2.37. The third kappa shape index (κ3) is 51.4. The van der Waals surface area contributed by atoms with E-state index >= 15 is 0 Å². The summed E-state index contributed by atoms with van der Waals surface area (Å²) in [7, 11) is 0. The summed E-state index contributed by atoms with van der Waals surface area (Å²) < 4.78 is 456. The van der Waals surface area contributed by atoms with Gasteiger partial charge in [-0.2, -0.15) is 171 Å². The van der Waals surface area contributed by atoms with Gasteiger partial charge in [-0.1, -0.05) is 189 Å². The first kappa shape index (κ1) is 118. The molecule has 41 heteroatoms. The molecule has 0 aliphatic heterocycles. The monoisotopic (exact) mass is 2010 g/mol. The van der Waals surface area contributed by atoms with E-state index in [9.17, 15) is 158 Å². The van der Waals surface area contributed by atoms with Crippen molar-refractivity contribution in [3.8, 4) is 0 Å². The van der Waals surface area contributed by atoms with Crippen molar-refractivity contribution in [3.05, 3.63) is 12.7 Å². The molecule has 1 N–H and O–H groups in total. The maximum Gasteiger partial charge on any atom is 0.393 e. The van der Waals surface area contributed by atoms with E-state index in [1.807, 2.05) is 67.8 Å². The number of alkyl halides is 39. The predicted octanol–water partition coefficient (Wildman–Crippen LogP) is 31.9. The van der Waals surface area contributed by atoms with Crippen LogP contribution in [0.5, 0.6) is 0 Å². The fourth-order valence-corrected chi connectivity index (χ4v) is 11.3. The normalized spacial score (nSPS) is 15.8. The van der Waals surface area contributed by atoms with Crippen LogP contribution in [0.25, 0.3) is 0 Å². The van der Waals surface area contributed by atoms with E-state index in [1.165, 1.54) is 6.08 Å². The molecular weight excluding hydrogens is 1910 g/mol. The van der Waals surface area contributed by atoms with Gasteiger partial charge in [-0.3, -0.25) is 0 Å². The molecule has 652 valence electrons. The molecule has 0 saturated carbocycles. The van der Waals surface area contributed by atoms with Crippen molar-refractivity contribution in [2.24, 2.45) is 68.0 Å². The molecular formula is C66H103F36I3OS. The second kappa shape index (κ2) is 48.4. The number of halogens is 39. The number of thiol groups is 1. The van der Waals surface area contributed by atoms with Crippen LogP contribution < -0.4 is 0 Å². The van der Waals surface area contributed by atoms with Gasteiger partial charge < -0.3 is 5.11 Å². The number of rotatable bonds is 35. The molecule has 0 bridgehead atoms. The number of aliphatic hydroxyl groups is 1. The predicted molar refractivity (Wildman–Crippen MR) is 370 cm³/mol. The minimum absolute atomic E-state index is 0.0537. The molecule has 0 aliphatic rings. The standard InChI is InChI=1S/3C11H17F6I.C11H18F6O.C11H18F6S.C11H16F6/c5*1-9(2,11(15,16)17)7-8(10(12,13)14)5-3-4-6-18;1-4-5-6-8(10(12,13)14)7-9(2,3)11(15,16)17/h3*8H,3-7H2,1-2H3;2*8,18H,3-7H2,1-2H3;4,8H,1,5-7H2,2-3H3. The van der Waals surface area contributed by atoms with Crippen LogP contribution in [0, 0.1) is 68.0 Å². The average Bonchev–Trinajstić information content (AvgIpc) is 0.850. The molecule has 0 saturated heterocycles. The molecule has 6 atom stereocenters. The van der Waals surface area contributed by atoms with Gasteiger partial charge in [-0.05, 0) is 135 Å². The van der Waals surface area contributed by atoms with E-state index in [1.54, 1.807) is 0 Å². The van der Waals surface area contributed by atoms with Gasteiger partial charge >= 0.3 is 74.1 Å². The van der Waals surface area contributed by atoms with Crippen molar-refractivity contribution >= 4 is 80.4 Å². The Hall–Kier alpha value is -0.280. The Bertz CT molecular complexity index is 1980. The van der Waals surface area contributed by atoms with E-state index in [-0.39, 0.29) is 70.8 Å². The zero-order chi connectivity index (χ0) is 87.0. The summed E-state index contributed by atoms with van der Waals surface area (Å²) in [5, 5.41) is 8.48. The fraction of sp³-hybridized carbons (Fsp3) is 0.970. The third-order valence-electron chi connectivity index (χ3n) is 17.4. The third-order valence-corrected chi connectivity index (χ3v) is 20.0. The summed E-state index contributed by atoms with van der Waals surface area (Å²) in [6.07, 6.45) is -57.6. The molecule has 0 radical (unpaired) electrons. The Morgan fingerprint density at radius 1 is 0.262 bits per heavy atom. The van der Waals surface area contributed by atoms with Gasteiger partial charge in [-0.25, -0.2) is 0 Å². The lowest BCUT2D eigenvalue weighted by atomic mass is 9.80. The number of unbranched alkanes of at least 4 members (excludes halogenated alkanes) is 5. The molecule has 0 fully saturated rings. The van der Waals surface area contributed by atoms with Crippen LogP contribution in [0.2, 0.25) is 0 Å². The van der Waals surface area contributed by atoms with Crippen molar-refractivity contribution in [2.75, 3.05) is 25.6 Å². The maximum absolute atomic E-state index is 12.7. The quantitative estimate of drug-likeness (QED) is 0.0162. The highest BCUT2D eigenvalue weighted by Gasteiger charge is 2.58. The second-order valence-electron chi connectivity index (χ2n) is 29.8. The summed E-state index contributed by atoms with van der Waals surface area (Å²) in [6, 6.07) is 0. The van der Waals surface area contributed by atoms with Gasteiger partial charge in [0, 0.05) is 6.61 Å². The van der Waals surface area contributed by atoms with Crippen LogP contribution in [-0.2, 0) is 0 Å². The highest BCUT2D eigenvalue weighted by atomic mass is 127. The van der Waals surface area contributed by atoms with Crippen LogP contribution in [0.1, 0.15) is 231 Å². The molecule has 0 heterocycles. The molecule has 0 spiro atoms. The molecule has 6 unspecified atom stereocenters. The number of hydrogen-bond acceptors (Lipinski definition) is 2. The summed E-state index contributed by atoms with van der Waals surface area (Å²) in [5.41, 5.74) is -14.0. The Morgan fingerprint density at radius 2 is 0.411 bits per heavy atom. The van der Waals surface area contributed by atoms with Crippen LogP contribution in [0.3, 0.4) is 0 Å². The molecule has 0 rings (SSSR count). The van der Waals surface area contributed by atoms with Crippen molar-refractivity contribution in [1.82, 2.24) is 0 Å². The number of aliphatic hydroxyl groups excluding tert-OH is 1. The summed E-state index contributed by atoms with van der Waals surface area (Å²) >= 11 is 9.97. The number of allylic oxidation sites excluding steroid dienone is 1. The van der Waals surface area contributed by atoms with Crippen LogP contribution in [0.4, 0.5) is 158 Å². The van der Waals surface area contributed by atoms with Crippen molar-refractivity contribution in [3.63, 3.8) is 0 Å². The van der Waals surface area contributed by atoms with E-state index in [4.69, 9.17) is 5.11 Å². The molecule has 0 aliphatic carbocycles. The minimum atomic E-state index is -4.66. The molecule has 0 aromatic heterocycles. The van der Waals surface area contributed by atoms with Crippen LogP contribution >= 0.6 is 80.4 Å². The topological polar surface area (TPSA) is 20.2 Å². The largest absolute Gasteiger partial charge is 0.396 e. The Kier molecular flexibility index (Phi) is 53.2. The first-order chi connectivity index (χ1) is 47.0. The van der Waals surface area contributed by atoms with Crippen LogP contribution in [0.15, 0.2) is 12.7 Å². The second-order valence-corrected chi connectivity index (χ2v) is 33.5. The van der Waals surface area contributed by atoms with E-state index in [0.717, 1.165) is 83.1 Å². The number of hydrogen-bond donors (Lipinski definition) is 2. The Morgan fingerprint density at radius 3 is 0.533 bits per heavy atom. The minimum Gasteiger partial charge on any atom is -0.396 e. The lowest BCUT2D eigenvalue weighted by Gasteiger charge is -2.32. The van der Waals surface area contributed by atoms with Crippen molar-refractivity contribution in [2.45, 2.75) is 305 Å². The fourth-order valence-electron chi connectivity index (χ4n) is 9.46. The zero-order valence-electron chi connectivity index (χ0n) is 61.2. The van der Waals surface area contributed by atoms with Crippen molar-refractivity contribution < 1.29 is 163 Å². The van der Waals surface area contributed by atoms with Gasteiger partial charge in [0.05, 0.1) is 68.0 Å². The lowest BCUT2D eigenvalue weighted by molar-refractivity contribution is -0.240. The van der Waals surface area contributed by atoms with Gasteiger partial charge in [0.1, 0.15) is 0 Å². The van der Waals surface area contributed by atoms with Gasteiger partial charge in [0.25, 0.3) is 0 Å².